The molecule has 2 N–H and O–H groups in total. The monoisotopic (exact) mass is 200 g/mol. The Kier molecular flexibility index (Phi) is 1.61. The Balaban J connectivity index is 2.15. The van der Waals surface area contributed by atoms with Crippen molar-refractivity contribution in [3.8, 4) is 17.3 Å². The second-order valence-corrected chi connectivity index (χ2v) is 2.83. The zero-order valence-electron chi connectivity index (χ0n) is 7.55. The average Bonchev–Trinajstić information content (AvgIpc) is 3.01. The Bertz CT molecular complexity index is 485. The van der Waals surface area contributed by atoms with E-state index >= 15 is 0 Å². The highest BCUT2D eigenvalue weighted by molar-refractivity contribution is 5.49. The molecule has 0 aliphatic carbocycles. The molecule has 1 radical (unpaired) electrons. The molecule has 0 fully saturated rings. The molecule has 0 saturated carbocycles. The zero-order chi connectivity index (χ0) is 10.1. The summed E-state index contributed by atoms with van der Waals surface area (Å²) in [5, 5.41) is 14.3. The molecule has 3 aromatic rings. The van der Waals surface area contributed by atoms with Crippen LogP contribution in [0, 0.1) is 6.20 Å². The summed E-state index contributed by atoms with van der Waals surface area (Å²) in [6, 6.07) is 1.79. The first-order valence-electron chi connectivity index (χ1n) is 4.28. The van der Waals surface area contributed by atoms with E-state index in [1.807, 2.05) is 0 Å². The Labute approximate surface area is 84.2 Å². The van der Waals surface area contributed by atoms with Crippen LogP contribution in [0.15, 0.2) is 24.7 Å². The SMILES string of the molecule is [c]1nnn(-c2cc[nH]n2)c1-c1ncc[nH]1. The van der Waals surface area contributed by atoms with E-state index in [1.54, 1.807) is 29.3 Å². The third-order valence-corrected chi connectivity index (χ3v) is 1.93. The highest BCUT2D eigenvalue weighted by Gasteiger charge is 2.11. The van der Waals surface area contributed by atoms with Gasteiger partial charge in [0.15, 0.2) is 11.6 Å². The fraction of sp³-hybridized carbons (Fsp3) is 0. The number of imidazole rings is 1. The van der Waals surface area contributed by atoms with E-state index in [4.69, 9.17) is 0 Å². The number of rotatable bonds is 2. The molecule has 3 aromatic heterocycles. The highest BCUT2D eigenvalue weighted by atomic mass is 15.5. The molecule has 0 amide bonds. The lowest BCUT2D eigenvalue weighted by Gasteiger charge is -1.97. The van der Waals surface area contributed by atoms with Gasteiger partial charge in [0.1, 0.15) is 11.9 Å². The van der Waals surface area contributed by atoms with Gasteiger partial charge in [-0.25, -0.2) is 4.98 Å². The van der Waals surface area contributed by atoms with E-state index in [0.29, 0.717) is 17.3 Å². The maximum absolute atomic E-state index is 4.10. The smallest absolute Gasteiger partial charge is 0.177 e. The first kappa shape index (κ1) is 7.92. The van der Waals surface area contributed by atoms with Crippen molar-refractivity contribution < 1.29 is 0 Å². The number of aromatic nitrogens is 7. The van der Waals surface area contributed by atoms with Crippen LogP contribution in [0.5, 0.6) is 0 Å². The molecule has 0 saturated heterocycles. The van der Waals surface area contributed by atoms with Crippen LogP contribution in [0.1, 0.15) is 0 Å². The Morgan fingerprint density at radius 1 is 1.33 bits per heavy atom. The minimum absolute atomic E-state index is 0.645. The molecule has 3 heterocycles. The molecule has 0 aliphatic heterocycles. The summed E-state index contributed by atoms with van der Waals surface area (Å²) in [7, 11) is 0. The van der Waals surface area contributed by atoms with E-state index in [0.717, 1.165) is 0 Å². The number of nitrogens with zero attached hydrogens (tertiary/aromatic N) is 5. The number of hydrogen-bond donors (Lipinski definition) is 2. The van der Waals surface area contributed by atoms with Crippen LogP contribution in [0.3, 0.4) is 0 Å². The predicted octanol–water partition coefficient (Wildman–Crippen LogP) is 0.181. The first-order valence-corrected chi connectivity index (χ1v) is 4.28. The predicted molar refractivity (Wildman–Crippen MR) is 49.9 cm³/mol. The zero-order valence-corrected chi connectivity index (χ0v) is 7.55. The molecule has 0 atom stereocenters. The van der Waals surface area contributed by atoms with Crippen molar-refractivity contribution in [2.24, 2.45) is 0 Å². The van der Waals surface area contributed by atoms with Gasteiger partial charge in [-0.3, -0.25) is 5.10 Å². The first-order chi connectivity index (χ1) is 7.45. The lowest BCUT2D eigenvalue weighted by molar-refractivity contribution is 0.777. The van der Waals surface area contributed by atoms with Gasteiger partial charge < -0.3 is 4.98 Å². The minimum Gasteiger partial charge on any atom is -0.343 e. The summed E-state index contributed by atoms with van der Waals surface area (Å²) in [5.41, 5.74) is 0.645. The molecule has 0 aliphatic rings. The normalized spacial score (nSPS) is 10.7. The summed E-state index contributed by atoms with van der Waals surface area (Å²) in [6.07, 6.45) is 7.85. The van der Waals surface area contributed by atoms with Gasteiger partial charge in [0.05, 0.1) is 0 Å². The maximum atomic E-state index is 4.10. The van der Waals surface area contributed by atoms with Crippen LogP contribution in [-0.2, 0) is 0 Å². The number of H-pyrrole nitrogens is 2. The third-order valence-electron chi connectivity index (χ3n) is 1.93. The van der Waals surface area contributed by atoms with Crippen molar-refractivity contribution in [1.82, 2.24) is 35.2 Å². The van der Waals surface area contributed by atoms with Crippen molar-refractivity contribution in [3.63, 3.8) is 0 Å². The fourth-order valence-electron chi connectivity index (χ4n) is 1.29. The van der Waals surface area contributed by atoms with Crippen LogP contribution in [-0.4, -0.2) is 35.2 Å². The van der Waals surface area contributed by atoms with E-state index in [2.05, 4.69) is 36.7 Å². The lowest BCUT2D eigenvalue weighted by atomic mass is 10.4. The molecule has 0 spiro atoms. The largest absolute Gasteiger partial charge is 0.343 e. The molecular weight excluding hydrogens is 194 g/mol. The molecule has 7 nitrogen and oxygen atoms in total. The molecule has 73 valence electrons. The van der Waals surface area contributed by atoms with Gasteiger partial charge in [0.2, 0.25) is 0 Å². The third kappa shape index (κ3) is 1.21. The van der Waals surface area contributed by atoms with E-state index in [1.165, 1.54) is 0 Å². The summed E-state index contributed by atoms with van der Waals surface area (Å²) >= 11 is 0. The van der Waals surface area contributed by atoms with Gasteiger partial charge in [0.25, 0.3) is 0 Å². The molecule has 0 bridgehead atoms. The van der Waals surface area contributed by atoms with Crippen LogP contribution in [0.25, 0.3) is 17.3 Å². The topological polar surface area (TPSA) is 88.1 Å². The minimum atomic E-state index is 0.645. The van der Waals surface area contributed by atoms with Crippen molar-refractivity contribution in [1.29, 1.82) is 0 Å². The fourth-order valence-corrected chi connectivity index (χ4v) is 1.29. The second kappa shape index (κ2) is 3.05. The standard InChI is InChI=1S/C8H6N7/c1-2-11-13-7(1)15-6(5-12-14-15)8-9-3-4-10-8/h1-4H,(H,9,10)(H,11,13). The molecular formula is C8H6N7. The van der Waals surface area contributed by atoms with Crippen molar-refractivity contribution in [3.05, 3.63) is 30.9 Å². The van der Waals surface area contributed by atoms with Crippen molar-refractivity contribution >= 4 is 0 Å². The summed E-state index contributed by atoms with van der Waals surface area (Å²) in [6.45, 7) is 0. The summed E-state index contributed by atoms with van der Waals surface area (Å²) < 4.78 is 1.55. The van der Waals surface area contributed by atoms with Crippen LogP contribution in [0.2, 0.25) is 0 Å². The van der Waals surface area contributed by atoms with E-state index in [9.17, 15) is 0 Å². The van der Waals surface area contributed by atoms with Gasteiger partial charge in [0, 0.05) is 24.7 Å². The molecule has 3 rings (SSSR count). The van der Waals surface area contributed by atoms with E-state index < -0.39 is 0 Å². The molecule has 15 heavy (non-hydrogen) atoms. The molecule has 0 aromatic carbocycles. The molecule has 0 unspecified atom stereocenters. The number of nitrogens with one attached hydrogen (secondary N) is 2. The van der Waals surface area contributed by atoms with Crippen LogP contribution >= 0.6 is 0 Å². The van der Waals surface area contributed by atoms with Crippen LogP contribution < -0.4 is 0 Å². The average molecular weight is 200 g/mol. The van der Waals surface area contributed by atoms with E-state index in [-0.39, 0.29) is 0 Å². The van der Waals surface area contributed by atoms with Crippen LogP contribution in [0.4, 0.5) is 0 Å². The Morgan fingerprint density at radius 2 is 2.33 bits per heavy atom. The molecule has 7 heteroatoms. The van der Waals surface area contributed by atoms with Gasteiger partial charge in [-0.2, -0.15) is 9.78 Å². The van der Waals surface area contributed by atoms with Gasteiger partial charge in [-0.15, -0.1) is 5.10 Å². The lowest BCUT2D eigenvalue weighted by Crippen LogP contribution is -2.00. The van der Waals surface area contributed by atoms with Gasteiger partial charge in [-0.1, -0.05) is 5.21 Å². The Morgan fingerprint density at radius 3 is 3.07 bits per heavy atom. The highest BCUT2D eigenvalue weighted by Crippen LogP contribution is 2.14. The Hall–Kier alpha value is -2.44. The number of aromatic amines is 2. The second-order valence-electron chi connectivity index (χ2n) is 2.83. The summed E-state index contributed by atoms with van der Waals surface area (Å²) in [4.78, 5) is 7.06. The summed E-state index contributed by atoms with van der Waals surface area (Å²) in [5.74, 6) is 1.30. The van der Waals surface area contributed by atoms with Crippen molar-refractivity contribution in [2.75, 3.05) is 0 Å². The maximum Gasteiger partial charge on any atom is 0.177 e. The van der Waals surface area contributed by atoms with Gasteiger partial charge in [-0.05, 0) is 0 Å². The number of hydrogen-bond acceptors (Lipinski definition) is 4. The van der Waals surface area contributed by atoms with Gasteiger partial charge >= 0.3 is 0 Å². The van der Waals surface area contributed by atoms with Crippen molar-refractivity contribution in [2.45, 2.75) is 0 Å². The quantitative estimate of drug-likeness (QED) is 0.617.